The van der Waals surface area contributed by atoms with Crippen molar-refractivity contribution in [3.63, 3.8) is 0 Å². The minimum Gasteiger partial charge on any atom is -0.478 e. The summed E-state index contributed by atoms with van der Waals surface area (Å²) < 4.78 is 24.7. The molecule has 1 aromatic heterocycles. The molecule has 0 amide bonds. The number of benzene rings is 2. The van der Waals surface area contributed by atoms with E-state index in [1.54, 1.807) is 13.2 Å². The number of nitrogens with zero attached hydrogens (tertiary/aromatic N) is 2. The molecule has 0 saturated carbocycles. The SMILES string of the molecule is COCc1cc(-c2nc(Cc3ccc(C(=O)O)c(F)c3)no2)ccc1[SH]1C=CC(C)=C1. The van der Waals surface area contributed by atoms with E-state index in [-0.39, 0.29) is 12.0 Å². The zero-order valence-corrected chi connectivity index (χ0v) is 17.9. The van der Waals surface area contributed by atoms with Crippen molar-refractivity contribution in [1.29, 1.82) is 0 Å². The maximum atomic E-state index is 13.9. The molecular weight excluding hydrogens is 419 g/mol. The zero-order chi connectivity index (χ0) is 22.0. The van der Waals surface area contributed by atoms with Crippen molar-refractivity contribution in [2.75, 3.05) is 7.11 Å². The van der Waals surface area contributed by atoms with Crippen molar-refractivity contribution in [3.05, 3.63) is 87.2 Å². The molecule has 0 aliphatic carbocycles. The molecule has 1 unspecified atom stereocenters. The molecular formula is C23H21FN2O4S. The Bertz CT molecular complexity index is 1200. The summed E-state index contributed by atoms with van der Waals surface area (Å²) in [6, 6.07) is 9.97. The quantitative estimate of drug-likeness (QED) is 0.497. The lowest BCUT2D eigenvalue weighted by Crippen LogP contribution is -2.01. The van der Waals surface area contributed by atoms with Gasteiger partial charge in [-0.05, 0) is 64.8 Å². The molecule has 8 heteroatoms. The molecule has 3 aromatic rings. The predicted molar refractivity (Wildman–Crippen MR) is 117 cm³/mol. The number of carbonyl (C=O) groups is 1. The summed E-state index contributed by atoms with van der Waals surface area (Å²) in [4.78, 5) is 16.6. The van der Waals surface area contributed by atoms with Gasteiger partial charge in [-0.2, -0.15) is 15.9 Å². The third kappa shape index (κ3) is 4.60. The van der Waals surface area contributed by atoms with Gasteiger partial charge in [0.25, 0.3) is 5.89 Å². The zero-order valence-electron chi connectivity index (χ0n) is 17.0. The van der Waals surface area contributed by atoms with E-state index >= 15 is 0 Å². The highest BCUT2D eigenvalue weighted by molar-refractivity contribution is 8.22. The molecule has 6 nitrogen and oxygen atoms in total. The normalized spacial score (nSPS) is 16.5. The van der Waals surface area contributed by atoms with E-state index < -0.39 is 22.7 Å². The largest absolute Gasteiger partial charge is 0.478 e. The molecule has 31 heavy (non-hydrogen) atoms. The van der Waals surface area contributed by atoms with Gasteiger partial charge in [-0.15, -0.1) is 0 Å². The van der Waals surface area contributed by atoms with Gasteiger partial charge in [0.2, 0.25) is 0 Å². The fourth-order valence-corrected chi connectivity index (χ4v) is 5.38. The van der Waals surface area contributed by atoms with Gasteiger partial charge in [-0.1, -0.05) is 17.3 Å². The van der Waals surface area contributed by atoms with E-state index in [4.69, 9.17) is 14.4 Å². The predicted octanol–water partition coefficient (Wildman–Crippen LogP) is 5.10. The number of carboxylic acids is 1. The van der Waals surface area contributed by atoms with Crippen LogP contribution in [0.2, 0.25) is 0 Å². The van der Waals surface area contributed by atoms with Gasteiger partial charge in [0.05, 0.1) is 12.2 Å². The van der Waals surface area contributed by atoms with Crippen LogP contribution in [0.5, 0.6) is 0 Å². The third-order valence-electron chi connectivity index (χ3n) is 4.84. The van der Waals surface area contributed by atoms with Crippen molar-refractivity contribution in [2.24, 2.45) is 0 Å². The standard InChI is InChI=1S/C23H21FN2O4S/c1-14-7-8-31(13-14)20-6-4-16(11-17(20)12-29-2)22-25-21(26-30-22)10-15-3-5-18(23(27)28)19(24)9-15/h3-9,11,13,31H,10,12H2,1-2H3,(H,27,28). The lowest BCUT2D eigenvalue weighted by Gasteiger charge is -2.16. The number of methoxy groups -OCH3 is 1. The van der Waals surface area contributed by atoms with Crippen LogP contribution in [0.15, 0.2) is 68.3 Å². The monoisotopic (exact) mass is 440 g/mol. The van der Waals surface area contributed by atoms with E-state index in [0.29, 0.717) is 23.9 Å². The number of allylic oxidation sites excluding steroid dienone is 2. The number of aromatic carboxylic acids is 1. The first kappa shape index (κ1) is 21.0. The molecule has 2 heterocycles. The van der Waals surface area contributed by atoms with Crippen molar-refractivity contribution in [3.8, 4) is 11.5 Å². The molecule has 1 N–H and O–H groups in total. The first-order valence-electron chi connectivity index (χ1n) is 9.56. The van der Waals surface area contributed by atoms with Crippen LogP contribution in [0.25, 0.3) is 11.5 Å². The summed E-state index contributed by atoms with van der Waals surface area (Å²) in [6.07, 6.45) is 2.36. The van der Waals surface area contributed by atoms with Crippen LogP contribution in [-0.4, -0.2) is 28.3 Å². The van der Waals surface area contributed by atoms with Crippen LogP contribution < -0.4 is 0 Å². The number of ether oxygens (including phenoxy) is 1. The maximum Gasteiger partial charge on any atom is 0.338 e. The Morgan fingerprint density at radius 3 is 2.77 bits per heavy atom. The summed E-state index contributed by atoms with van der Waals surface area (Å²) in [5.41, 5.74) is 3.29. The topological polar surface area (TPSA) is 85.5 Å². The van der Waals surface area contributed by atoms with Crippen LogP contribution in [-0.2, 0) is 17.8 Å². The molecule has 160 valence electrons. The summed E-state index contributed by atoms with van der Waals surface area (Å²) in [6.45, 7) is 2.56. The molecule has 1 atom stereocenters. The number of carboxylic acid groups (broad SMARTS) is 1. The lowest BCUT2D eigenvalue weighted by atomic mass is 10.1. The number of thiol groups is 1. The second-order valence-corrected chi connectivity index (χ2v) is 9.04. The Kier molecular flexibility index (Phi) is 6.01. The smallest absolute Gasteiger partial charge is 0.338 e. The Morgan fingerprint density at radius 2 is 2.10 bits per heavy atom. The van der Waals surface area contributed by atoms with Gasteiger partial charge in [0.15, 0.2) is 5.82 Å². The Morgan fingerprint density at radius 1 is 1.26 bits per heavy atom. The molecule has 0 radical (unpaired) electrons. The average molecular weight is 440 g/mol. The van der Waals surface area contributed by atoms with Gasteiger partial charge in [0.1, 0.15) is 5.82 Å². The van der Waals surface area contributed by atoms with Gasteiger partial charge in [-0.3, -0.25) is 0 Å². The molecule has 0 bridgehead atoms. The molecule has 0 fully saturated rings. The summed E-state index contributed by atoms with van der Waals surface area (Å²) in [5, 5.41) is 17.4. The van der Waals surface area contributed by atoms with Crippen molar-refractivity contribution < 1.29 is 23.6 Å². The number of halogens is 1. The third-order valence-corrected chi connectivity index (χ3v) is 6.99. The van der Waals surface area contributed by atoms with Crippen LogP contribution >= 0.6 is 10.9 Å². The van der Waals surface area contributed by atoms with E-state index in [2.05, 4.69) is 40.0 Å². The van der Waals surface area contributed by atoms with Crippen LogP contribution in [0.1, 0.15) is 34.2 Å². The van der Waals surface area contributed by atoms with E-state index in [1.165, 1.54) is 22.6 Å². The maximum absolute atomic E-state index is 13.9. The second kappa shape index (κ2) is 8.87. The van der Waals surface area contributed by atoms with E-state index in [0.717, 1.165) is 11.1 Å². The van der Waals surface area contributed by atoms with E-state index in [9.17, 15) is 9.18 Å². The Labute approximate surface area is 181 Å². The van der Waals surface area contributed by atoms with Gasteiger partial charge in [0, 0.05) is 24.0 Å². The van der Waals surface area contributed by atoms with Crippen molar-refractivity contribution >= 4 is 16.9 Å². The number of rotatable bonds is 7. The fourth-order valence-electron chi connectivity index (χ4n) is 3.36. The first-order chi connectivity index (χ1) is 14.9. The lowest BCUT2D eigenvalue weighted by molar-refractivity contribution is 0.0692. The molecule has 2 aromatic carbocycles. The Hall–Kier alpha value is -3.23. The van der Waals surface area contributed by atoms with Gasteiger partial charge >= 0.3 is 5.97 Å². The molecule has 0 saturated heterocycles. The van der Waals surface area contributed by atoms with Crippen LogP contribution in [0.3, 0.4) is 0 Å². The number of hydrogen-bond acceptors (Lipinski definition) is 5. The highest BCUT2D eigenvalue weighted by Crippen LogP contribution is 2.46. The highest BCUT2D eigenvalue weighted by Gasteiger charge is 2.16. The van der Waals surface area contributed by atoms with Gasteiger partial charge < -0.3 is 14.4 Å². The summed E-state index contributed by atoms with van der Waals surface area (Å²) in [5.74, 6) is -1.35. The van der Waals surface area contributed by atoms with Crippen LogP contribution in [0, 0.1) is 5.82 Å². The van der Waals surface area contributed by atoms with E-state index in [1.807, 2.05) is 12.1 Å². The summed E-state index contributed by atoms with van der Waals surface area (Å²) in [7, 11) is 1.16. The Balaban J connectivity index is 1.57. The minimum absolute atomic E-state index is 0.226. The number of aromatic nitrogens is 2. The molecule has 4 rings (SSSR count). The van der Waals surface area contributed by atoms with Crippen molar-refractivity contribution in [2.45, 2.75) is 24.8 Å². The molecule has 1 aliphatic heterocycles. The second-order valence-electron chi connectivity index (χ2n) is 7.18. The number of hydrogen-bond donors (Lipinski definition) is 2. The molecule has 0 spiro atoms. The minimum atomic E-state index is -1.30. The first-order valence-corrected chi connectivity index (χ1v) is 11.0. The average Bonchev–Trinajstić information content (AvgIpc) is 3.37. The summed E-state index contributed by atoms with van der Waals surface area (Å²) >= 11 is 0. The molecule has 1 aliphatic rings. The highest BCUT2D eigenvalue weighted by atomic mass is 32.2. The van der Waals surface area contributed by atoms with Crippen molar-refractivity contribution in [1.82, 2.24) is 10.1 Å². The van der Waals surface area contributed by atoms with Crippen LogP contribution in [0.4, 0.5) is 4.39 Å². The van der Waals surface area contributed by atoms with Gasteiger partial charge in [-0.25, -0.2) is 9.18 Å². The fraction of sp³-hybridized carbons (Fsp3) is 0.174.